The van der Waals surface area contributed by atoms with Crippen LogP contribution in [0.2, 0.25) is 0 Å². The second-order valence-corrected chi connectivity index (χ2v) is 9.99. The molecule has 4 rings (SSSR count). The van der Waals surface area contributed by atoms with Crippen LogP contribution < -0.4 is 0 Å². The van der Waals surface area contributed by atoms with Crippen LogP contribution in [0.15, 0.2) is 6.20 Å². The predicted octanol–water partition coefficient (Wildman–Crippen LogP) is 3.81. The van der Waals surface area contributed by atoms with Gasteiger partial charge in [0.25, 0.3) is 12.0 Å². The molecule has 1 aliphatic carbocycles. The molecule has 1 saturated carbocycles. The molecule has 2 amide bonds. The Morgan fingerprint density at radius 2 is 1.69 bits per heavy atom. The SMILES string of the molecule is CN(C(=O)c1cn2c(n1)CN(C1CCC1)CC2)C1(C)CCN(C(=O)OC(C(F)(F)F)C(F)(F)F)CC1. The first kappa shape index (κ1) is 26.6. The Hall–Kier alpha value is -2.51. The van der Waals surface area contributed by atoms with E-state index in [0.717, 1.165) is 23.8 Å². The second-order valence-electron chi connectivity index (χ2n) is 9.99. The first-order valence-electron chi connectivity index (χ1n) is 11.9. The van der Waals surface area contributed by atoms with E-state index in [1.165, 1.54) is 24.2 Å². The molecular formula is C22H29F6N5O3. The number of alkyl halides is 6. The first-order chi connectivity index (χ1) is 16.7. The van der Waals surface area contributed by atoms with E-state index in [-0.39, 0.29) is 37.5 Å². The molecule has 0 radical (unpaired) electrons. The minimum absolute atomic E-state index is 0.149. The van der Waals surface area contributed by atoms with Gasteiger partial charge in [-0.1, -0.05) is 6.42 Å². The predicted molar refractivity (Wildman–Crippen MR) is 114 cm³/mol. The number of aromatic nitrogens is 2. The van der Waals surface area contributed by atoms with E-state index in [4.69, 9.17) is 0 Å². The zero-order valence-electron chi connectivity index (χ0n) is 20.0. The third kappa shape index (κ3) is 5.28. The van der Waals surface area contributed by atoms with Crippen molar-refractivity contribution in [2.45, 2.75) is 82.2 Å². The topological polar surface area (TPSA) is 70.9 Å². The Bertz CT molecular complexity index is 968. The molecule has 0 unspecified atom stereocenters. The van der Waals surface area contributed by atoms with Gasteiger partial charge in [-0.3, -0.25) is 9.69 Å². The zero-order valence-corrected chi connectivity index (χ0v) is 20.0. The van der Waals surface area contributed by atoms with Crippen molar-refractivity contribution >= 4 is 12.0 Å². The highest BCUT2D eigenvalue weighted by Crippen LogP contribution is 2.37. The minimum Gasteiger partial charge on any atom is -0.426 e. The quantitative estimate of drug-likeness (QED) is 0.560. The molecule has 2 fully saturated rings. The molecule has 1 saturated heterocycles. The lowest BCUT2D eigenvalue weighted by molar-refractivity contribution is -0.308. The van der Waals surface area contributed by atoms with E-state index in [1.807, 2.05) is 4.57 Å². The van der Waals surface area contributed by atoms with Gasteiger partial charge in [-0.25, -0.2) is 9.78 Å². The van der Waals surface area contributed by atoms with Crippen molar-refractivity contribution in [1.29, 1.82) is 0 Å². The number of ether oxygens (including phenoxy) is 1. The maximum absolute atomic E-state index is 13.2. The van der Waals surface area contributed by atoms with Crippen molar-refractivity contribution in [3.8, 4) is 0 Å². The average Bonchev–Trinajstić information content (AvgIpc) is 3.17. The summed E-state index contributed by atoms with van der Waals surface area (Å²) in [5.41, 5.74) is -0.493. The van der Waals surface area contributed by atoms with Crippen LogP contribution >= 0.6 is 0 Å². The largest absolute Gasteiger partial charge is 0.434 e. The van der Waals surface area contributed by atoms with Crippen LogP contribution in [0.3, 0.4) is 0 Å². The van der Waals surface area contributed by atoms with Crippen molar-refractivity contribution in [2.75, 3.05) is 26.7 Å². The molecule has 0 N–H and O–H groups in total. The summed E-state index contributed by atoms with van der Waals surface area (Å²) in [4.78, 5) is 34.5. The second kappa shape index (κ2) is 9.42. The first-order valence-corrected chi connectivity index (χ1v) is 11.9. The molecule has 3 aliphatic rings. The summed E-state index contributed by atoms with van der Waals surface area (Å²) in [5, 5.41) is 0. The Morgan fingerprint density at radius 1 is 1.08 bits per heavy atom. The van der Waals surface area contributed by atoms with E-state index in [1.54, 1.807) is 20.2 Å². The van der Waals surface area contributed by atoms with E-state index >= 15 is 0 Å². The highest BCUT2D eigenvalue weighted by molar-refractivity contribution is 5.92. The van der Waals surface area contributed by atoms with Crippen LogP contribution in [0.5, 0.6) is 0 Å². The number of piperidine rings is 1. The third-order valence-corrected chi connectivity index (χ3v) is 7.67. The van der Waals surface area contributed by atoms with Crippen LogP contribution in [0.4, 0.5) is 31.1 Å². The van der Waals surface area contributed by atoms with Crippen LogP contribution in [-0.4, -0.2) is 93.0 Å². The highest BCUT2D eigenvalue weighted by atomic mass is 19.4. The number of carbonyl (C=O) groups excluding carboxylic acids is 2. The monoisotopic (exact) mass is 525 g/mol. The van der Waals surface area contributed by atoms with E-state index in [2.05, 4.69) is 14.6 Å². The maximum Gasteiger partial charge on any atom is 0.434 e. The summed E-state index contributed by atoms with van der Waals surface area (Å²) < 4.78 is 82.1. The number of hydrogen-bond donors (Lipinski definition) is 0. The van der Waals surface area contributed by atoms with Crippen molar-refractivity contribution in [3.05, 3.63) is 17.7 Å². The highest BCUT2D eigenvalue weighted by Gasteiger charge is 2.60. The summed E-state index contributed by atoms with van der Waals surface area (Å²) in [6, 6.07) is 0.565. The third-order valence-electron chi connectivity index (χ3n) is 7.67. The van der Waals surface area contributed by atoms with Gasteiger partial charge in [0, 0.05) is 51.0 Å². The Morgan fingerprint density at radius 3 is 2.22 bits per heavy atom. The standard InChI is InChI=1S/C22H29F6N5O3/c1-20(6-8-31(9-7-20)19(35)36-18(21(23,24)25)22(26,27)28)30(2)17(34)15-12-33-11-10-32(13-16(33)29-15)14-4-3-5-14/h12,14,18H,3-11,13H2,1-2H3. The van der Waals surface area contributed by atoms with Crippen molar-refractivity contribution < 1.29 is 40.7 Å². The summed E-state index contributed by atoms with van der Waals surface area (Å²) in [7, 11) is 1.58. The molecular weight excluding hydrogens is 496 g/mol. The summed E-state index contributed by atoms with van der Waals surface area (Å²) in [6.07, 6.45) is -11.8. The molecule has 1 aromatic heterocycles. The number of halogens is 6. The smallest absolute Gasteiger partial charge is 0.426 e. The number of imidazole rings is 1. The number of hydrogen-bond acceptors (Lipinski definition) is 5. The van der Waals surface area contributed by atoms with Crippen LogP contribution in [-0.2, 0) is 17.8 Å². The zero-order chi connectivity index (χ0) is 26.5. The number of fused-ring (bicyclic) bond motifs is 1. The molecule has 36 heavy (non-hydrogen) atoms. The lowest BCUT2D eigenvalue weighted by Crippen LogP contribution is -2.56. The molecule has 2 aliphatic heterocycles. The normalized spacial score (nSPS) is 21.2. The molecule has 0 bridgehead atoms. The Balaban J connectivity index is 1.36. The van der Waals surface area contributed by atoms with Gasteiger partial charge in [-0.15, -0.1) is 0 Å². The van der Waals surface area contributed by atoms with E-state index < -0.39 is 30.1 Å². The fourth-order valence-corrected chi connectivity index (χ4v) is 4.86. The maximum atomic E-state index is 13.2. The van der Waals surface area contributed by atoms with Crippen LogP contribution in [0.25, 0.3) is 0 Å². The fraction of sp³-hybridized carbons (Fsp3) is 0.773. The Kier molecular flexibility index (Phi) is 6.95. The minimum atomic E-state index is -5.77. The summed E-state index contributed by atoms with van der Waals surface area (Å²) in [6.45, 7) is 3.74. The lowest BCUT2D eigenvalue weighted by Gasteiger charge is -2.44. The van der Waals surface area contributed by atoms with Gasteiger partial charge >= 0.3 is 18.4 Å². The molecule has 1 aromatic rings. The molecule has 0 atom stereocenters. The fourth-order valence-electron chi connectivity index (χ4n) is 4.86. The molecule has 8 nitrogen and oxygen atoms in total. The lowest BCUT2D eigenvalue weighted by atomic mass is 9.88. The average molecular weight is 525 g/mol. The van der Waals surface area contributed by atoms with Gasteiger partial charge < -0.3 is 19.1 Å². The molecule has 0 spiro atoms. The van der Waals surface area contributed by atoms with Gasteiger partial charge in [-0.2, -0.15) is 26.3 Å². The number of amides is 2. The number of rotatable bonds is 4. The summed E-state index contributed by atoms with van der Waals surface area (Å²) >= 11 is 0. The van der Waals surface area contributed by atoms with Gasteiger partial charge in [0.15, 0.2) is 0 Å². The van der Waals surface area contributed by atoms with E-state index in [0.29, 0.717) is 12.6 Å². The Labute approximate surface area is 204 Å². The van der Waals surface area contributed by atoms with Crippen molar-refractivity contribution in [3.63, 3.8) is 0 Å². The van der Waals surface area contributed by atoms with Crippen LogP contribution in [0, 0.1) is 0 Å². The molecule has 0 aromatic carbocycles. The molecule has 202 valence electrons. The number of likely N-dealkylation sites (tertiary alicyclic amines) is 1. The van der Waals surface area contributed by atoms with Gasteiger partial charge in [-0.05, 0) is 32.6 Å². The van der Waals surface area contributed by atoms with Gasteiger partial charge in [0.2, 0.25) is 0 Å². The molecule has 3 heterocycles. The van der Waals surface area contributed by atoms with Crippen molar-refractivity contribution in [1.82, 2.24) is 24.3 Å². The summed E-state index contributed by atoms with van der Waals surface area (Å²) in [5.74, 6) is 0.483. The van der Waals surface area contributed by atoms with Crippen LogP contribution in [0.1, 0.15) is 55.3 Å². The van der Waals surface area contributed by atoms with E-state index in [9.17, 15) is 35.9 Å². The molecule has 14 heteroatoms. The number of nitrogens with zero attached hydrogens (tertiary/aromatic N) is 5. The number of carbonyl (C=O) groups is 2. The van der Waals surface area contributed by atoms with Crippen molar-refractivity contribution in [2.24, 2.45) is 0 Å². The van der Waals surface area contributed by atoms with Gasteiger partial charge in [0.05, 0.1) is 6.54 Å². The van der Waals surface area contributed by atoms with Gasteiger partial charge in [0.1, 0.15) is 11.5 Å².